The summed E-state index contributed by atoms with van der Waals surface area (Å²) in [7, 11) is 1.47. The molecule has 0 aliphatic heterocycles. The maximum Gasteiger partial charge on any atom is 0.308 e. The largest absolute Gasteiger partial charge is 0.469 e. The van der Waals surface area contributed by atoms with Gasteiger partial charge in [-0.2, -0.15) is 0 Å². The van der Waals surface area contributed by atoms with E-state index in [9.17, 15) is 4.79 Å². The molecule has 0 aliphatic carbocycles. The number of hydrogen-bond donors (Lipinski definition) is 0. The van der Waals surface area contributed by atoms with E-state index in [-0.39, 0.29) is 11.9 Å². The lowest BCUT2D eigenvalue weighted by Gasteiger charge is -2.12. The van der Waals surface area contributed by atoms with Crippen LogP contribution < -0.4 is 0 Å². The van der Waals surface area contributed by atoms with Crippen molar-refractivity contribution in [2.45, 2.75) is 46.0 Å². The molecular formula is C10H20O2. The second-order valence-corrected chi connectivity index (χ2v) is 3.15. The average Bonchev–Trinajstić information content (AvgIpc) is 2.11. The number of rotatable bonds is 6. The summed E-state index contributed by atoms with van der Waals surface area (Å²) in [5.41, 5.74) is 0. The fraction of sp³-hybridized carbons (Fsp3) is 0.900. The van der Waals surface area contributed by atoms with Gasteiger partial charge < -0.3 is 4.74 Å². The number of hydrogen-bond acceptors (Lipinski definition) is 2. The zero-order valence-corrected chi connectivity index (χ0v) is 8.43. The Morgan fingerprint density at radius 1 is 1.25 bits per heavy atom. The van der Waals surface area contributed by atoms with Crippen molar-refractivity contribution < 1.29 is 9.53 Å². The molecule has 0 aromatic heterocycles. The maximum atomic E-state index is 11.2. The number of carbonyl (C=O) groups is 1. The lowest BCUT2D eigenvalue weighted by atomic mass is 9.97. The van der Waals surface area contributed by atoms with Crippen molar-refractivity contribution in [3.63, 3.8) is 0 Å². The lowest BCUT2D eigenvalue weighted by Crippen LogP contribution is -2.15. The van der Waals surface area contributed by atoms with E-state index in [0.29, 0.717) is 0 Å². The van der Waals surface area contributed by atoms with Gasteiger partial charge in [-0.05, 0) is 12.8 Å². The zero-order valence-electron chi connectivity index (χ0n) is 8.43. The first-order valence-corrected chi connectivity index (χ1v) is 4.84. The van der Waals surface area contributed by atoms with Crippen molar-refractivity contribution in [3.8, 4) is 0 Å². The third-order valence-electron chi connectivity index (χ3n) is 2.08. The highest BCUT2D eigenvalue weighted by atomic mass is 16.5. The fourth-order valence-corrected chi connectivity index (χ4v) is 1.35. The molecular weight excluding hydrogens is 152 g/mol. The third kappa shape index (κ3) is 4.37. The standard InChI is InChI=1S/C10H20O2/c1-4-6-8-9(7-5-2)10(11)12-3/h9H,4-8H2,1-3H3. The van der Waals surface area contributed by atoms with Gasteiger partial charge in [0.05, 0.1) is 13.0 Å². The van der Waals surface area contributed by atoms with Crippen molar-refractivity contribution in [1.82, 2.24) is 0 Å². The first kappa shape index (κ1) is 11.5. The highest BCUT2D eigenvalue weighted by molar-refractivity contribution is 5.72. The second-order valence-electron chi connectivity index (χ2n) is 3.15. The van der Waals surface area contributed by atoms with Gasteiger partial charge in [-0.15, -0.1) is 0 Å². The molecule has 1 unspecified atom stereocenters. The highest BCUT2D eigenvalue weighted by Crippen LogP contribution is 2.15. The minimum atomic E-state index is -0.0368. The van der Waals surface area contributed by atoms with Gasteiger partial charge in [-0.1, -0.05) is 33.1 Å². The van der Waals surface area contributed by atoms with Crippen LogP contribution in [0.2, 0.25) is 0 Å². The Kier molecular flexibility index (Phi) is 6.82. The van der Waals surface area contributed by atoms with Gasteiger partial charge in [0.25, 0.3) is 0 Å². The molecule has 0 saturated heterocycles. The van der Waals surface area contributed by atoms with E-state index < -0.39 is 0 Å². The molecule has 0 aromatic rings. The van der Waals surface area contributed by atoms with Gasteiger partial charge >= 0.3 is 5.97 Å². The van der Waals surface area contributed by atoms with Crippen LogP contribution in [0.25, 0.3) is 0 Å². The SMILES string of the molecule is CCCCC(CCC)C(=O)OC. The number of unbranched alkanes of at least 4 members (excludes halogenated alkanes) is 1. The molecule has 12 heavy (non-hydrogen) atoms. The molecule has 0 saturated carbocycles. The Balaban J connectivity index is 3.76. The number of methoxy groups -OCH3 is 1. The van der Waals surface area contributed by atoms with E-state index in [1.807, 2.05) is 0 Å². The topological polar surface area (TPSA) is 26.3 Å². The molecule has 0 heterocycles. The van der Waals surface area contributed by atoms with Gasteiger partial charge in [0.15, 0.2) is 0 Å². The maximum absolute atomic E-state index is 11.2. The van der Waals surface area contributed by atoms with Crippen LogP contribution in [0.5, 0.6) is 0 Å². The Bertz CT molecular complexity index is 121. The monoisotopic (exact) mass is 172 g/mol. The van der Waals surface area contributed by atoms with E-state index in [1.165, 1.54) is 7.11 Å². The van der Waals surface area contributed by atoms with E-state index in [2.05, 4.69) is 13.8 Å². The van der Waals surface area contributed by atoms with Crippen molar-refractivity contribution >= 4 is 5.97 Å². The molecule has 0 N–H and O–H groups in total. The van der Waals surface area contributed by atoms with Crippen LogP contribution in [-0.2, 0) is 9.53 Å². The average molecular weight is 172 g/mol. The van der Waals surface area contributed by atoms with Crippen molar-refractivity contribution in [1.29, 1.82) is 0 Å². The first-order chi connectivity index (χ1) is 5.76. The quantitative estimate of drug-likeness (QED) is 0.576. The van der Waals surface area contributed by atoms with E-state index >= 15 is 0 Å². The van der Waals surface area contributed by atoms with Gasteiger partial charge in [0, 0.05) is 0 Å². The summed E-state index contributed by atoms with van der Waals surface area (Å²) in [4.78, 5) is 11.2. The fourth-order valence-electron chi connectivity index (χ4n) is 1.35. The Morgan fingerprint density at radius 2 is 1.92 bits per heavy atom. The second kappa shape index (κ2) is 7.14. The number of esters is 1. The molecule has 0 aromatic carbocycles. The van der Waals surface area contributed by atoms with Crippen LogP contribution in [0.1, 0.15) is 46.0 Å². The summed E-state index contributed by atoms with van der Waals surface area (Å²) in [5.74, 6) is 0.102. The smallest absolute Gasteiger partial charge is 0.308 e. The van der Waals surface area contributed by atoms with Gasteiger partial charge in [-0.3, -0.25) is 4.79 Å². The van der Waals surface area contributed by atoms with Gasteiger partial charge in [-0.25, -0.2) is 0 Å². The lowest BCUT2D eigenvalue weighted by molar-refractivity contribution is -0.146. The first-order valence-electron chi connectivity index (χ1n) is 4.84. The summed E-state index contributed by atoms with van der Waals surface area (Å²) in [6.45, 7) is 4.24. The molecule has 2 nitrogen and oxygen atoms in total. The Hall–Kier alpha value is -0.530. The van der Waals surface area contributed by atoms with Gasteiger partial charge in [0.1, 0.15) is 0 Å². The molecule has 0 rings (SSSR count). The molecule has 0 amide bonds. The van der Waals surface area contributed by atoms with Crippen LogP contribution in [0.15, 0.2) is 0 Å². The summed E-state index contributed by atoms with van der Waals surface area (Å²) < 4.78 is 4.72. The van der Waals surface area contributed by atoms with Gasteiger partial charge in [0.2, 0.25) is 0 Å². The van der Waals surface area contributed by atoms with E-state index in [4.69, 9.17) is 4.74 Å². The zero-order chi connectivity index (χ0) is 9.40. The van der Waals surface area contributed by atoms with Crippen LogP contribution in [0.4, 0.5) is 0 Å². The Labute approximate surface area is 75.3 Å². The normalized spacial score (nSPS) is 12.6. The molecule has 2 heteroatoms. The summed E-state index contributed by atoms with van der Waals surface area (Å²) in [6, 6.07) is 0. The third-order valence-corrected chi connectivity index (χ3v) is 2.08. The summed E-state index contributed by atoms with van der Waals surface area (Å²) >= 11 is 0. The van der Waals surface area contributed by atoms with E-state index in [0.717, 1.165) is 32.1 Å². The van der Waals surface area contributed by atoms with Crippen LogP contribution in [-0.4, -0.2) is 13.1 Å². The molecule has 0 bridgehead atoms. The van der Waals surface area contributed by atoms with E-state index in [1.54, 1.807) is 0 Å². The number of carbonyl (C=O) groups excluding carboxylic acids is 1. The summed E-state index contributed by atoms with van der Waals surface area (Å²) in [6.07, 6.45) is 5.28. The van der Waals surface area contributed by atoms with Crippen molar-refractivity contribution in [2.24, 2.45) is 5.92 Å². The number of ether oxygens (including phenoxy) is 1. The summed E-state index contributed by atoms with van der Waals surface area (Å²) in [5, 5.41) is 0. The molecule has 0 radical (unpaired) electrons. The predicted octanol–water partition coefficient (Wildman–Crippen LogP) is 2.77. The van der Waals surface area contributed by atoms with Crippen molar-refractivity contribution in [2.75, 3.05) is 7.11 Å². The minimum Gasteiger partial charge on any atom is -0.469 e. The van der Waals surface area contributed by atoms with Crippen LogP contribution in [0.3, 0.4) is 0 Å². The Morgan fingerprint density at radius 3 is 2.33 bits per heavy atom. The van der Waals surface area contributed by atoms with Crippen LogP contribution in [0, 0.1) is 5.92 Å². The molecule has 72 valence electrons. The van der Waals surface area contributed by atoms with Crippen LogP contribution >= 0.6 is 0 Å². The highest BCUT2D eigenvalue weighted by Gasteiger charge is 2.16. The predicted molar refractivity (Wildman–Crippen MR) is 49.9 cm³/mol. The minimum absolute atomic E-state index is 0.0368. The molecule has 0 aliphatic rings. The van der Waals surface area contributed by atoms with Crippen molar-refractivity contribution in [3.05, 3.63) is 0 Å². The molecule has 1 atom stereocenters. The molecule has 0 spiro atoms. The molecule has 0 fully saturated rings.